The summed E-state index contributed by atoms with van der Waals surface area (Å²) in [6.07, 6.45) is 6.95. The highest BCUT2D eigenvalue weighted by molar-refractivity contribution is 7.23. The van der Waals surface area contributed by atoms with Gasteiger partial charge < -0.3 is 19.4 Å². The third kappa shape index (κ3) is 6.67. The van der Waals surface area contributed by atoms with Gasteiger partial charge in [0, 0.05) is 42.7 Å². The number of carbonyl (C=O) groups is 1. The number of fused-ring (bicyclic) bond motifs is 3. The van der Waals surface area contributed by atoms with Crippen molar-refractivity contribution in [3.05, 3.63) is 106 Å². The number of methoxy groups -OCH3 is 1. The SMILES string of the molecule is CCCN1Cc2nc(CCc3ccc(F)cc3)c(-c3nnc(C)o3)c(-c3cc4ccnc(NC)c4s3)c2C1=O.COc1c(F)ccc2c1CCC2. The maximum atomic E-state index is 13.8. The molecule has 0 spiro atoms. The maximum absolute atomic E-state index is 13.8. The Hall–Kier alpha value is -5.23. The van der Waals surface area contributed by atoms with E-state index in [-0.39, 0.29) is 17.5 Å². The van der Waals surface area contributed by atoms with E-state index in [1.165, 1.54) is 30.9 Å². The number of carbonyl (C=O) groups excluding carboxylic acids is 1. The summed E-state index contributed by atoms with van der Waals surface area (Å²) in [5, 5.41) is 12.7. The summed E-state index contributed by atoms with van der Waals surface area (Å²) < 4.78 is 38.6. The minimum Gasteiger partial charge on any atom is -0.493 e. The number of hydrogen-bond acceptors (Lipinski definition) is 9. The Bertz CT molecular complexity index is 2230. The summed E-state index contributed by atoms with van der Waals surface area (Å²) in [5.74, 6) is 1.44. The van der Waals surface area contributed by atoms with Crippen molar-refractivity contribution in [3.8, 4) is 27.6 Å². The molecule has 0 bridgehead atoms. The van der Waals surface area contributed by atoms with Crippen LogP contribution in [0.25, 0.3) is 32.0 Å². The second kappa shape index (κ2) is 14.6. The summed E-state index contributed by atoms with van der Waals surface area (Å²) in [7, 11) is 3.37. The smallest absolute Gasteiger partial charge is 0.256 e. The molecule has 0 saturated heterocycles. The molecule has 4 aromatic heterocycles. The molecule has 0 unspecified atom stereocenters. The van der Waals surface area contributed by atoms with Gasteiger partial charge in [-0.25, -0.2) is 13.8 Å². The van der Waals surface area contributed by atoms with E-state index < -0.39 is 0 Å². The molecule has 1 amide bonds. The van der Waals surface area contributed by atoms with E-state index in [9.17, 15) is 13.6 Å². The standard InChI is InChI=1S/C29H27FN6O2S.C10H11FO/c1-4-13-36-15-21-24(29(36)37)25(22-14-18-11-12-32-27(31-3)26(18)39-22)23(28-35-34-16(2)38-28)20(33-21)10-7-17-5-8-19(30)9-6-17;1-12-10-8-4-2-3-7(8)5-6-9(10)11/h5-6,8-9,11-12,14H,4,7,10,13,15H2,1-3H3,(H,31,32);5-6H,2-4H2,1H3. The maximum Gasteiger partial charge on any atom is 0.256 e. The van der Waals surface area contributed by atoms with Gasteiger partial charge in [0.25, 0.3) is 5.91 Å². The Balaban J connectivity index is 0.000000285. The van der Waals surface area contributed by atoms with Crippen LogP contribution >= 0.6 is 11.3 Å². The Morgan fingerprint density at radius 1 is 1.02 bits per heavy atom. The lowest BCUT2D eigenvalue weighted by atomic mass is 9.94. The van der Waals surface area contributed by atoms with Crippen LogP contribution in [0.15, 0.2) is 59.1 Å². The first-order valence-corrected chi connectivity index (χ1v) is 17.9. The van der Waals surface area contributed by atoms with E-state index in [4.69, 9.17) is 14.1 Å². The molecule has 1 aliphatic heterocycles. The first-order valence-electron chi connectivity index (χ1n) is 17.1. The molecule has 12 heteroatoms. The molecule has 0 saturated carbocycles. The second-order valence-electron chi connectivity index (χ2n) is 12.6. The van der Waals surface area contributed by atoms with Gasteiger partial charge in [-0.05, 0) is 85.4 Å². The average Bonchev–Trinajstić information content (AvgIpc) is 3.94. The van der Waals surface area contributed by atoms with Crippen LogP contribution in [0.4, 0.5) is 14.6 Å². The fourth-order valence-corrected chi connectivity index (χ4v) is 8.16. The topological polar surface area (TPSA) is 106 Å². The Kier molecular flexibility index (Phi) is 9.77. The summed E-state index contributed by atoms with van der Waals surface area (Å²) in [4.78, 5) is 26.1. The molecule has 262 valence electrons. The number of benzene rings is 2. The largest absolute Gasteiger partial charge is 0.493 e. The van der Waals surface area contributed by atoms with Gasteiger partial charge in [0.2, 0.25) is 11.8 Å². The zero-order chi connectivity index (χ0) is 35.6. The van der Waals surface area contributed by atoms with Gasteiger partial charge in [-0.2, -0.15) is 0 Å². The third-order valence-corrected chi connectivity index (χ3v) is 10.5. The third-order valence-electron chi connectivity index (χ3n) is 9.29. The summed E-state index contributed by atoms with van der Waals surface area (Å²) >= 11 is 1.57. The number of pyridine rings is 2. The predicted octanol–water partition coefficient (Wildman–Crippen LogP) is 8.37. The van der Waals surface area contributed by atoms with E-state index >= 15 is 0 Å². The number of aromatic nitrogens is 4. The van der Waals surface area contributed by atoms with Crippen molar-refractivity contribution < 1.29 is 22.7 Å². The molecule has 0 fully saturated rings. The molecule has 9 nitrogen and oxygen atoms in total. The normalized spacial score (nSPS) is 13.3. The minimum atomic E-state index is -0.270. The second-order valence-corrected chi connectivity index (χ2v) is 13.7. The lowest BCUT2D eigenvalue weighted by molar-refractivity contribution is 0.0778. The zero-order valence-corrected chi connectivity index (χ0v) is 29.8. The van der Waals surface area contributed by atoms with Crippen molar-refractivity contribution in [2.24, 2.45) is 0 Å². The van der Waals surface area contributed by atoms with Gasteiger partial charge in [0.05, 0.1) is 40.9 Å². The fourth-order valence-electron chi connectivity index (χ4n) is 6.95. The van der Waals surface area contributed by atoms with E-state index in [1.807, 2.05) is 24.1 Å². The lowest BCUT2D eigenvalue weighted by Gasteiger charge is -2.15. The number of ether oxygens (including phenoxy) is 1. The fraction of sp³-hybridized carbons (Fsp3) is 0.308. The van der Waals surface area contributed by atoms with E-state index in [2.05, 4.69) is 33.5 Å². The van der Waals surface area contributed by atoms with Crippen LogP contribution in [-0.2, 0) is 32.2 Å². The zero-order valence-electron chi connectivity index (χ0n) is 29.0. The molecular formula is C39H38F2N6O3S. The van der Waals surface area contributed by atoms with Crippen molar-refractivity contribution in [1.29, 1.82) is 0 Å². The van der Waals surface area contributed by atoms with Crippen molar-refractivity contribution in [2.75, 3.05) is 26.0 Å². The number of nitrogens with one attached hydrogen (secondary N) is 1. The molecule has 2 aliphatic rings. The molecule has 0 radical (unpaired) electrons. The quantitative estimate of drug-likeness (QED) is 0.160. The predicted molar refractivity (Wildman–Crippen MR) is 194 cm³/mol. The molecule has 8 rings (SSSR count). The molecular weight excluding hydrogens is 671 g/mol. The number of amides is 1. The molecule has 0 atom stereocenters. The highest BCUT2D eigenvalue weighted by Crippen LogP contribution is 2.46. The summed E-state index contributed by atoms with van der Waals surface area (Å²) in [6, 6.07) is 13.9. The van der Waals surface area contributed by atoms with E-state index in [1.54, 1.807) is 36.6 Å². The summed E-state index contributed by atoms with van der Waals surface area (Å²) in [6.45, 7) is 4.90. The van der Waals surface area contributed by atoms with Crippen LogP contribution in [0.5, 0.6) is 5.75 Å². The number of rotatable bonds is 9. The van der Waals surface area contributed by atoms with Crippen LogP contribution in [0, 0.1) is 18.6 Å². The number of thiophene rings is 1. The van der Waals surface area contributed by atoms with Gasteiger partial charge >= 0.3 is 0 Å². The number of nitrogens with zero attached hydrogens (tertiary/aromatic N) is 5. The Labute approximate surface area is 298 Å². The molecule has 2 aromatic carbocycles. The Morgan fingerprint density at radius 3 is 2.57 bits per heavy atom. The van der Waals surface area contributed by atoms with Crippen LogP contribution in [0.2, 0.25) is 0 Å². The van der Waals surface area contributed by atoms with E-state index in [0.717, 1.165) is 74.5 Å². The molecule has 1 aliphatic carbocycles. The number of anilines is 1. The van der Waals surface area contributed by atoms with Crippen molar-refractivity contribution >= 4 is 33.1 Å². The molecule has 6 aromatic rings. The molecule has 5 heterocycles. The first-order chi connectivity index (χ1) is 24.8. The number of aryl methyl sites for hydroxylation is 4. The van der Waals surface area contributed by atoms with Gasteiger partial charge in [0.15, 0.2) is 11.6 Å². The first kappa shape index (κ1) is 34.2. The van der Waals surface area contributed by atoms with Crippen molar-refractivity contribution in [2.45, 2.75) is 58.9 Å². The van der Waals surface area contributed by atoms with Crippen LogP contribution in [0.3, 0.4) is 0 Å². The monoisotopic (exact) mass is 708 g/mol. The van der Waals surface area contributed by atoms with Crippen LogP contribution < -0.4 is 10.1 Å². The van der Waals surface area contributed by atoms with Crippen molar-refractivity contribution in [1.82, 2.24) is 25.1 Å². The van der Waals surface area contributed by atoms with Gasteiger partial charge in [-0.15, -0.1) is 21.5 Å². The number of hydrogen-bond donors (Lipinski definition) is 1. The highest BCUT2D eigenvalue weighted by Gasteiger charge is 2.36. The minimum absolute atomic E-state index is 0.0404. The molecule has 51 heavy (non-hydrogen) atoms. The highest BCUT2D eigenvalue weighted by atomic mass is 32.1. The van der Waals surface area contributed by atoms with Gasteiger partial charge in [-0.3, -0.25) is 9.78 Å². The lowest BCUT2D eigenvalue weighted by Crippen LogP contribution is -2.24. The van der Waals surface area contributed by atoms with Crippen LogP contribution in [-0.4, -0.2) is 51.7 Å². The average molecular weight is 709 g/mol. The van der Waals surface area contributed by atoms with Gasteiger partial charge in [0.1, 0.15) is 11.6 Å². The Morgan fingerprint density at radius 2 is 1.84 bits per heavy atom. The number of halogens is 2. The van der Waals surface area contributed by atoms with Gasteiger partial charge in [-0.1, -0.05) is 25.1 Å². The summed E-state index contributed by atoms with van der Waals surface area (Å²) in [5.41, 5.74) is 6.85. The van der Waals surface area contributed by atoms with E-state index in [0.29, 0.717) is 54.6 Å². The molecule has 1 N–H and O–H groups in total. The van der Waals surface area contributed by atoms with Crippen LogP contribution in [0.1, 0.15) is 64.1 Å². The van der Waals surface area contributed by atoms with Crippen molar-refractivity contribution in [3.63, 3.8) is 0 Å².